The van der Waals surface area contributed by atoms with Crippen LogP contribution in [0.3, 0.4) is 0 Å². The molecule has 0 saturated heterocycles. The smallest absolute Gasteiger partial charge is 0.258 e. The van der Waals surface area contributed by atoms with Crippen LogP contribution in [0.4, 0.5) is 27.6 Å². The molecule has 3 nitrogen and oxygen atoms in total. The van der Waals surface area contributed by atoms with Gasteiger partial charge in [0, 0.05) is 12.1 Å². The standard InChI is InChI=1S/C14H6F5NO2/c15-10-9(11(16)13(18)14(19)12(10)17)6-3-7-1-4-8(5-2-7)20(21)22/h1-6H. The predicted molar refractivity (Wildman–Crippen MR) is 68.3 cm³/mol. The van der Waals surface area contributed by atoms with Crippen LogP contribution in [0.2, 0.25) is 0 Å². The second-order valence-corrected chi connectivity index (χ2v) is 4.17. The van der Waals surface area contributed by atoms with E-state index in [1.54, 1.807) is 0 Å². The van der Waals surface area contributed by atoms with E-state index < -0.39 is 39.6 Å². The fourth-order valence-corrected chi connectivity index (χ4v) is 1.65. The average Bonchev–Trinajstić information content (AvgIpc) is 2.51. The molecule has 0 aromatic heterocycles. The summed E-state index contributed by atoms with van der Waals surface area (Å²) >= 11 is 0. The highest BCUT2D eigenvalue weighted by molar-refractivity contribution is 5.70. The Labute approximate surface area is 120 Å². The maximum Gasteiger partial charge on any atom is 0.269 e. The molecule has 0 fully saturated rings. The lowest BCUT2D eigenvalue weighted by atomic mass is 10.1. The number of non-ortho nitro benzene ring substituents is 1. The first-order valence-corrected chi connectivity index (χ1v) is 5.77. The van der Waals surface area contributed by atoms with E-state index in [0.717, 1.165) is 18.2 Å². The van der Waals surface area contributed by atoms with Crippen LogP contribution in [0.25, 0.3) is 12.2 Å². The molecule has 8 heteroatoms. The molecule has 0 spiro atoms. The lowest BCUT2D eigenvalue weighted by molar-refractivity contribution is -0.384. The number of nitro groups is 1. The number of nitrogens with zero attached hydrogens (tertiary/aromatic N) is 1. The van der Waals surface area contributed by atoms with Crippen molar-refractivity contribution in [2.75, 3.05) is 0 Å². The molecule has 2 aromatic rings. The highest BCUT2D eigenvalue weighted by Crippen LogP contribution is 2.25. The molecular formula is C14H6F5NO2. The summed E-state index contributed by atoms with van der Waals surface area (Å²) in [7, 11) is 0. The van der Waals surface area contributed by atoms with E-state index in [9.17, 15) is 32.1 Å². The van der Waals surface area contributed by atoms with Gasteiger partial charge in [0.05, 0.1) is 10.5 Å². The van der Waals surface area contributed by atoms with Crippen LogP contribution in [0.1, 0.15) is 11.1 Å². The van der Waals surface area contributed by atoms with Gasteiger partial charge in [-0.25, -0.2) is 22.0 Å². The molecule has 114 valence electrons. The largest absolute Gasteiger partial charge is 0.269 e. The van der Waals surface area contributed by atoms with E-state index in [2.05, 4.69) is 0 Å². The Morgan fingerprint density at radius 3 is 1.68 bits per heavy atom. The summed E-state index contributed by atoms with van der Waals surface area (Å²) in [6.45, 7) is 0. The monoisotopic (exact) mass is 315 g/mol. The van der Waals surface area contributed by atoms with Crippen molar-refractivity contribution < 1.29 is 26.9 Å². The van der Waals surface area contributed by atoms with Gasteiger partial charge in [-0.1, -0.05) is 6.08 Å². The summed E-state index contributed by atoms with van der Waals surface area (Å²) in [4.78, 5) is 9.82. The number of hydrogen-bond acceptors (Lipinski definition) is 2. The quantitative estimate of drug-likeness (QED) is 0.210. The summed E-state index contributed by atoms with van der Waals surface area (Å²) in [5, 5.41) is 10.5. The fraction of sp³-hybridized carbons (Fsp3) is 0. The number of benzene rings is 2. The lowest BCUT2D eigenvalue weighted by Gasteiger charge is -2.04. The van der Waals surface area contributed by atoms with Crippen molar-refractivity contribution in [3.8, 4) is 0 Å². The van der Waals surface area contributed by atoms with Crippen LogP contribution in [0.15, 0.2) is 24.3 Å². The second kappa shape index (κ2) is 5.92. The van der Waals surface area contributed by atoms with Gasteiger partial charge >= 0.3 is 0 Å². The van der Waals surface area contributed by atoms with E-state index in [4.69, 9.17) is 0 Å². The summed E-state index contributed by atoms with van der Waals surface area (Å²) in [6, 6.07) is 4.80. The SMILES string of the molecule is O=[N+]([O-])c1ccc(C=Cc2c(F)c(F)c(F)c(F)c2F)cc1. The van der Waals surface area contributed by atoms with Gasteiger partial charge < -0.3 is 0 Å². The van der Waals surface area contributed by atoms with Crippen LogP contribution in [0.5, 0.6) is 0 Å². The summed E-state index contributed by atoms with van der Waals surface area (Å²) in [6.07, 6.45) is 1.78. The number of halogens is 5. The summed E-state index contributed by atoms with van der Waals surface area (Å²) in [5.74, 6) is -10.2. The first-order valence-electron chi connectivity index (χ1n) is 5.77. The normalized spacial score (nSPS) is 11.1. The molecule has 0 radical (unpaired) electrons. The molecule has 2 aromatic carbocycles. The molecule has 0 atom stereocenters. The van der Waals surface area contributed by atoms with E-state index in [1.807, 2.05) is 0 Å². The first kappa shape index (κ1) is 15.6. The topological polar surface area (TPSA) is 43.1 Å². The minimum atomic E-state index is -2.23. The molecule has 0 aliphatic carbocycles. The Hall–Kier alpha value is -2.77. The Kier molecular flexibility index (Phi) is 4.20. The van der Waals surface area contributed by atoms with Gasteiger partial charge in [0.2, 0.25) is 5.82 Å². The van der Waals surface area contributed by atoms with Gasteiger partial charge in [-0.2, -0.15) is 0 Å². The highest BCUT2D eigenvalue weighted by Gasteiger charge is 2.24. The second-order valence-electron chi connectivity index (χ2n) is 4.17. The minimum absolute atomic E-state index is 0.201. The Balaban J connectivity index is 2.40. The molecular weight excluding hydrogens is 309 g/mol. The van der Waals surface area contributed by atoms with Crippen LogP contribution in [-0.2, 0) is 0 Å². The van der Waals surface area contributed by atoms with E-state index in [0.29, 0.717) is 6.08 Å². The van der Waals surface area contributed by atoms with E-state index in [-0.39, 0.29) is 11.3 Å². The van der Waals surface area contributed by atoms with Crippen LogP contribution >= 0.6 is 0 Å². The Bertz CT molecular complexity index is 743. The Morgan fingerprint density at radius 1 is 0.773 bits per heavy atom. The van der Waals surface area contributed by atoms with Crippen molar-refractivity contribution in [2.45, 2.75) is 0 Å². The zero-order valence-electron chi connectivity index (χ0n) is 10.6. The van der Waals surface area contributed by atoms with Gasteiger partial charge in [-0.3, -0.25) is 10.1 Å². The molecule has 22 heavy (non-hydrogen) atoms. The average molecular weight is 315 g/mol. The van der Waals surface area contributed by atoms with Gasteiger partial charge in [-0.15, -0.1) is 0 Å². The number of rotatable bonds is 3. The summed E-state index contributed by atoms with van der Waals surface area (Å²) < 4.78 is 65.7. The molecule has 0 unspecified atom stereocenters. The van der Waals surface area contributed by atoms with Gasteiger partial charge in [0.15, 0.2) is 23.3 Å². The minimum Gasteiger partial charge on any atom is -0.258 e. The zero-order valence-corrected chi connectivity index (χ0v) is 10.6. The van der Waals surface area contributed by atoms with Gasteiger partial charge in [0.25, 0.3) is 5.69 Å². The van der Waals surface area contributed by atoms with Crippen molar-refractivity contribution in [3.63, 3.8) is 0 Å². The number of nitro benzene ring substituents is 1. The molecule has 0 N–H and O–H groups in total. The van der Waals surface area contributed by atoms with Crippen LogP contribution in [0, 0.1) is 39.2 Å². The van der Waals surface area contributed by atoms with E-state index in [1.165, 1.54) is 12.1 Å². The van der Waals surface area contributed by atoms with E-state index >= 15 is 0 Å². The van der Waals surface area contributed by atoms with Gasteiger partial charge in [0.1, 0.15) is 0 Å². The molecule has 0 saturated carbocycles. The first-order chi connectivity index (χ1) is 10.3. The highest BCUT2D eigenvalue weighted by atomic mass is 19.2. The fourth-order valence-electron chi connectivity index (χ4n) is 1.65. The molecule has 0 heterocycles. The molecule has 2 rings (SSSR count). The molecule has 0 aliphatic rings. The maximum atomic E-state index is 13.4. The van der Waals surface area contributed by atoms with Crippen LogP contribution < -0.4 is 0 Å². The molecule has 0 bridgehead atoms. The zero-order chi connectivity index (χ0) is 16.4. The van der Waals surface area contributed by atoms with Crippen molar-refractivity contribution in [2.24, 2.45) is 0 Å². The third kappa shape index (κ3) is 2.80. The Morgan fingerprint density at radius 2 is 1.23 bits per heavy atom. The van der Waals surface area contributed by atoms with Crippen molar-refractivity contribution in [1.29, 1.82) is 0 Å². The van der Waals surface area contributed by atoms with Crippen LogP contribution in [-0.4, -0.2) is 4.92 Å². The van der Waals surface area contributed by atoms with Crippen molar-refractivity contribution in [3.05, 3.63) is 74.6 Å². The summed E-state index contributed by atoms with van der Waals surface area (Å²) in [5.41, 5.74) is -1.00. The van der Waals surface area contributed by atoms with Crippen molar-refractivity contribution >= 4 is 17.8 Å². The van der Waals surface area contributed by atoms with Crippen molar-refractivity contribution in [1.82, 2.24) is 0 Å². The molecule has 0 amide bonds. The maximum absolute atomic E-state index is 13.4. The third-order valence-corrected chi connectivity index (χ3v) is 2.79. The predicted octanol–water partition coefficient (Wildman–Crippen LogP) is 4.46. The number of hydrogen-bond donors (Lipinski definition) is 0. The lowest BCUT2D eigenvalue weighted by Crippen LogP contribution is -2.03. The third-order valence-electron chi connectivity index (χ3n) is 2.79. The molecule has 0 aliphatic heterocycles. The van der Waals surface area contributed by atoms with Gasteiger partial charge in [-0.05, 0) is 23.8 Å².